The molecule has 1 N–H and O–H groups in total. The molecule has 7 nitrogen and oxygen atoms in total. The molecule has 0 saturated carbocycles. The minimum Gasteiger partial charge on any atom is -0.441 e. The lowest BCUT2D eigenvalue weighted by atomic mass is 10.1. The van der Waals surface area contributed by atoms with Crippen molar-refractivity contribution in [2.24, 2.45) is 0 Å². The summed E-state index contributed by atoms with van der Waals surface area (Å²) in [5, 5.41) is 6.44. The Morgan fingerprint density at radius 3 is 2.65 bits per heavy atom. The standard InChI is InChI=1S/C21H16F3N5O2/c22-21(23,24)15-6-7-17(29-13-25-12-27-29)16(10-15)28-19(30)8-9-20-26-11-18(31-20)14-4-2-1-3-5-14/h1-7,10-13H,8-9H2,(H,28,30). The van der Waals surface area contributed by atoms with Crippen molar-refractivity contribution in [1.82, 2.24) is 19.7 Å². The number of nitrogens with one attached hydrogen (secondary N) is 1. The number of carbonyl (C=O) groups is 1. The van der Waals surface area contributed by atoms with Gasteiger partial charge in [-0.3, -0.25) is 4.79 Å². The van der Waals surface area contributed by atoms with Crippen LogP contribution in [0, 0.1) is 0 Å². The summed E-state index contributed by atoms with van der Waals surface area (Å²) in [6, 6.07) is 12.4. The number of nitrogens with zero attached hydrogens (tertiary/aromatic N) is 4. The van der Waals surface area contributed by atoms with E-state index in [9.17, 15) is 18.0 Å². The number of amides is 1. The molecule has 0 radical (unpaired) electrons. The first-order valence-electron chi connectivity index (χ1n) is 9.26. The minimum absolute atomic E-state index is 0.0253. The molecule has 2 heterocycles. The fraction of sp³-hybridized carbons (Fsp3) is 0.143. The third-order valence-electron chi connectivity index (χ3n) is 4.44. The number of carbonyl (C=O) groups excluding carboxylic acids is 1. The van der Waals surface area contributed by atoms with Crippen molar-refractivity contribution in [2.45, 2.75) is 19.0 Å². The highest BCUT2D eigenvalue weighted by atomic mass is 19.4. The quantitative estimate of drug-likeness (QED) is 0.489. The van der Waals surface area contributed by atoms with Gasteiger partial charge in [0.15, 0.2) is 11.7 Å². The van der Waals surface area contributed by atoms with Crippen molar-refractivity contribution in [2.75, 3.05) is 5.32 Å². The molecule has 0 aliphatic heterocycles. The zero-order chi connectivity index (χ0) is 21.8. The highest BCUT2D eigenvalue weighted by Gasteiger charge is 2.31. The summed E-state index contributed by atoms with van der Waals surface area (Å²) < 4.78 is 46.3. The summed E-state index contributed by atoms with van der Waals surface area (Å²) in [6.45, 7) is 0. The van der Waals surface area contributed by atoms with Gasteiger partial charge in [-0.2, -0.15) is 18.3 Å². The average molecular weight is 427 g/mol. The van der Waals surface area contributed by atoms with Gasteiger partial charge >= 0.3 is 6.18 Å². The molecule has 0 unspecified atom stereocenters. The van der Waals surface area contributed by atoms with Crippen molar-refractivity contribution in [1.29, 1.82) is 0 Å². The number of oxazole rings is 1. The fourth-order valence-electron chi connectivity index (χ4n) is 2.94. The Morgan fingerprint density at radius 1 is 1.13 bits per heavy atom. The number of alkyl halides is 3. The Labute approximate surface area is 174 Å². The van der Waals surface area contributed by atoms with E-state index in [1.165, 1.54) is 23.4 Å². The largest absolute Gasteiger partial charge is 0.441 e. The van der Waals surface area contributed by atoms with Crippen LogP contribution in [0.4, 0.5) is 18.9 Å². The first-order valence-corrected chi connectivity index (χ1v) is 9.26. The number of aromatic nitrogens is 4. The first-order chi connectivity index (χ1) is 14.9. The fourth-order valence-corrected chi connectivity index (χ4v) is 2.94. The summed E-state index contributed by atoms with van der Waals surface area (Å²) in [5.74, 6) is 0.442. The predicted molar refractivity (Wildman–Crippen MR) is 105 cm³/mol. The maximum Gasteiger partial charge on any atom is 0.416 e. The smallest absolute Gasteiger partial charge is 0.416 e. The van der Waals surface area contributed by atoms with Crippen molar-refractivity contribution in [3.8, 4) is 17.0 Å². The van der Waals surface area contributed by atoms with Gasteiger partial charge in [-0.15, -0.1) is 0 Å². The van der Waals surface area contributed by atoms with Crippen LogP contribution < -0.4 is 5.32 Å². The van der Waals surface area contributed by atoms with Gasteiger partial charge in [-0.25, -0.2) is 14.6 Å². The predicted octanol–water partition coefficient (Wildman–Crippen LogP) is 4.51. The van der Waals surface area contributed by atoms with E-state index in [-0.39, 0.29) is 24.2 Å². The van der Waals surface area contributed by atoms with E-state index >= 15 is 0 Å². The lowest BCUT2D eigenvalue weighted by molar-refractivity contribution is -0.137. The van der Waals surface area contributed by atoms with Crippen LogP contribution in [0.25, 0.3) is 17.0 Å². The van der Waals surface area contributed by atoms with E-state index in [0.717, 1.165) is 17.7 Å². The number of aryl methyl sites for hydroxylation is 1. The van der Waals surface area contributed by atoms with E-state index in [1.807, 2.05) is 30.3 Å². The normalized spacial score (nSPS) is 11.5. The van der Waals surface area contributed by atoms with Crippen LogP contribution in [-0.4, -0.2) is 25.7 Å². The number of rotatable bonds is 6. The molecule has 0 saturated heterocycles. The van der Waals surface area contributed by atoms with E-state index in [4.69, 9.17) is 4.42 Å². The van der Waals surface area contributed by atoms with Gasteiger partial charge in [0.05, 0.1) is 23.1 Å². The SMILES string of the molecule is O=C(CCc1ncc(-c2ccccc2)o1)Nc1cc(C(F)(F)F)ccc1-n1cncn1. The minimum atomic E-state index is -4.55. The molecule has 2 aromatic heterocycles. The van der Waals surface area contributed by atoms with Gasteiger partial charge in [-0.05, 0) is 18.2 Å². The highest BCUT2D eigenvalue weighted by molar-refractivity contribution is 5.93. The number of halogens is 3. The zero-order valence-electron chi connectivity index (χ0n) is 16.0. The second-order valence-corrected chi connectivity index (χ2v) is 6.60. The molecule has 4 aromatic rings. The van der Waals surface area contributed by atoms with Gasteiger partial charge < -0.3 is 9.73 Å². The Morgan fingerprint density at radius 2 is 1.94 bits per heavy atom. The third kappa shape index (κ3) is 4.80. The monoisotopic (exact) mass is 427 g/mol. The zero-order valence-corrected chi connectivity index (χ0v) is 16.0. The lowest BCUT2D eigenvalue weighted by Gasteiger charge is -2.14. The summed E-state index contributed by atoms with van der Waals surface area (Å²) in [4.78, 5) is 20.4. The molecular weight excluding hydrogens is 411 g/mol. The summed E-state index contributed by atoms with van der Waals surface area (Å²) >= 11 is 0. The molecule has 0 fully saturated rings. The van der Waals surface area contributed by atoms with Crippen LogP contribution in [0.15, 0.2) is 71.8 Å². The van der Waals surface area contributed by atoms with Gasteiger partial charge in [-0.1, -0.05) is 30.3 Å². The maximum atomic E-state index is 13.1. The van der Waals surface area contributed by atoms with Crippen molar-refractivity contribution < 1.29 is 22.4 Å². The molecule has 4 rings (SSSR count). The molecule has 158 valence electrons. The van der Waals surface area contributed by atoms with Crippen LogP contribution in [0.3, 0.4) is 0 Å². The lowest BCUT2D eigenvalue weighted by Crippen LogP contribution is -2.16. The van der Waals surface area contributed by atoms with Gasteiger partial charge in [0.25, 0.3) is 0 Å². The topological polar surface area (TPSA) is 85.8 Å². The average Bonchev–Trinajstić information content (AvgIpc) is 3.45. The Hall–Kier alpha value is -3.95. The maximum absolute atomic E-state index is 13.1. The van der Waals surface area contributed by atoms with E-state index in [1.54, 1.807) is 6.20 Å². The molecule has 1 amide bonds. The van der Waals surface area contributed by atoms with E-state index < -0.39 is 17.6 Å². The molecule has 0 aliphatic carbocycles. The molecule has 0 spiro atoms. The molecular formula is C21H16F3N5O2. The van der Waals surface area contributed by atoms with Crippen LogP contribution >= 0.6 is 0 Å². The highest BCUT2D eigenvalue weighted by Crippen LogP contribution is 2.33. The molecule has 0 bridgehead atoms. The first kappa shape index (κ1) is 20.3. The van der Waals surface area contributed by atoms with Crippen LogP contribution in [0.5, 0.6) is 0 Å². The Kier molecular flexibility index (Phi) is 5.52. The summed E-state index contributed by atoms with van der Waals surface area (Å²) in [5.41, 5.74) is 0.211. The number of hydrogen-bond acceptors (Lipinski definition) is 5. The second kappa shape index (κ2) is 8.42. The second-order valence-electron chi connectivity index (χ2n) is 6.60. The Bertz CT molecular complexity index is 1170. The molecule has 10 heteroatoms. The van der Waals surface area contributed by atoms with Crippen molar-refractivity contribution in [3.05, 3.63) is 78.8 Å². The molecule has 0 aliphatic rings. The van der Waals surface area contributed by atoms with Gasteiger partial charge in [0.2, 0.25) is 5.91 Å². The molecule has 2 aromatic carbocycles. The van der Waals surface area contributed by atoms with E-state index in [0.29, 0.717) is 11.7 Å². The van der Waals surface area contributed by atoms with Gasteiger partial charge in [0.1, 0.15) is 12.7 Å². The summed E-state index contributed by atoms with van der Waals surface area (Å²) in [6.07, 6.45) is -0.241. The number of anilines is 1. The van der Waals surface area contributed by atoms with Crippen LogP contribution in [0.2, 0.25) is 0 Å². The van der Waals surface area contributed by atoms with E-state index in [2.05, 4.69) is 20.4 Å². The van der Waals surface area contributed by atoms with Crippen molar-refractivity contribution >= 4 is 11.6 Å². The Balaban J connectivity index is 1.47. The number of benzene rings is 2. The van der Waals surface area contributed by atoms with Crippen molar-refractivity contribution in [3.63, 3.8) is 0 Å². The third-order valence-corrected chi connectivity index (χ3v) is 4.44. The van der Waals surface area contributed by atoms with Gasteiger partial charge in [0, 0.05) is 18.4 Å². The van der Waals surface area contributed by atoms with Crippen LogP contribution in [0.1, 0.15) is 17.9 Å². The molecule has 0 atom stereocenters. The van der Waals surface area contributed by atoms with Crippen LogP contribution in [-0.2, 0) is 17.4 Å². The number of hydrogen-bond donors (Lipinski definition) is 1. The summed E-state index contributed by atoms with van der Waals surface area (Å²) in [7, 11) is 0. The molecule has 31 heavy (non-hydrogen) atoms.